The highest BCUT2D eigenvalue weighted by atomic mass is 19.4. The average Bonchev–Trinajstić information content (AvgIpc) is 2.38. The predicted octanol–water partition coefficient (Wildman–Crippen LogP) is 2.40. The first-order valence-electron chi connectivity index (χ1n) is 6.91. The highest BCUT2D eigenvalue weighted by Gasteiger charge is 2.48. The van der Waals surface area contributed by atoms with Gasteiger partial charge < -0.3 is 10.5 Å². The van der Waals surface area contributed by atoms with Crippen LogP contribution in [-0.2, 0) is 4.74 Å². The minimum atomic E-state index is -4.11. The Kier molecular flexibility index (Phi) is 6.08. The van der Waals surface area contributed by atoms with Crippen molar-refractivity contribution in [1.82, 2.24) is 4.90 Å². The zero-order valence-electron chi connectivity index (χ0n) is 11.8. The molecule has 2 unspecified atom stereocenters. The van der Waals surface area contributed by atoms with Gasteiger partial charge in [0.05, 0.1) is 12.5 Å². The molecule has 0 bridgehead atoms. The Labute approximate surface area is 113 Å². The Morgan fingerprint density at radius 3 is 2.63 bits per heavy atom. The van der Waals surface area contributed by atoms with E-state index in [1.807, 2.05) is 18.9 Å². The van der Waals surface area contributed by atoms with Gasteiger partial charge in [-0.15, -0.1) is 0 Å². The zero-order chi connectivity index (χ0) is 14.5. The third-order valence-corrected chi connectivity index (χ3v) is 4.25. The van der Waals surface area contributed by atoms with Crippen LogP contribution in [0, 0.1) is 5.92 Å². The number of nitrogens with zero attached hydrogens (tertiary/aromatic N) is 1. The first kappa shape index (κ1) is 16.7. The maximum Gasteiger partial charge on any atom is 0.391 e. The number of halogens is 3. The van der Waals surface area contributed by atoms with Crippen LogP contribution >= 0.6 is 0 Å². The maximum absolute atomic E-state index is 12.9. The number of likely N-dealkylation sites (N-methyl/N-ethyl adjacent to an activating group) is 1. The molecule has 0 saturated heterocycles. The third kappa shape index (κ3) is 4.33. The predicted molar refractivity (Wildman–Crippen MR) is 68.9 cm³/mol. The Hall–Kier alpha value is -0.330. The monoisotopic (exact) mass is 282 g/mol. The lowest BCUT2D eigenvalue weighted by molar-refractivity contribution is -0.193. The molecule has 3 nitrogen and oxygen atoms in total. The molecule has 0 aliphatic heterocycles. The molecule has 2 N–H and O–H groups in total. The summed E-state index contributed by atoms with van der Waals surface area (Å²) in [7, 11) is 1.85. The van der Waals surface area contributed by atoms with E-state index in [1.54, 1.807) is 0 Å². The normalized spacial score (nSPS) is 28.9. The summed E-state index contributed by atoms with van der Waals surface area (Å²) in [5.41, 5.74) is 5.27. The van der Waals surface area contributed by atoms with Crippen molar-refractivity contribution in [2.75, 3.05) is 33.4 Å². The van der Waals surface area contributed by atoms with E-state index in [0.717, 1.165) is 6.42 Å². The smallest absolute Gasteiger partial charge is 0.380 e. The molecule has 1 rings (SSSR count). The molecule has 1 aliphatic rings. The van der Waals surface area contributed by atoms with Crippen LogP contribution in [0.3, 0.4) is 0 Å². The van der Waals surface area contributed by atoms with E-state index < -0.39 is 17.6 Å². The van der Waals surface area contributed by atoms with Gasteiger partial charge in [-0.1, -0.05) is 6.42 Å². The van der Waals surface area contributed by atoms with Crippen molar-refractivity contribution in [3.05, 3.63) is 0 Å². The van der Waals surface area contributed by atoms with Gasteiger partial charge in [0.1, 0.15) is 0 Å². The van der Waals surface area contributed by atoms with Crippen molar-refractivity contribution >= 4 is 0 Å². The van der Waals surface area contributed by atoms with Gasteiger partial charge in [-0.25, -0.2) is 0 Å². The summed E-state index contributed by atoms with van der Waals surface area (Å²) in [5, 5.41) is 0. The van der Waals surface area contributed by atoms with E-state index in [4.69, 9.17) is 10.5 Å². The summed E-state index contributed by atoms with van der Waals surface area (Å²) in [5.74, 6) is -1.22. The molecule has 2 atom stereocenters. The number of hydrogen-bond donors (Lipinski definition) is 1. The average molecular weight is 282 g/mol. The Bertz CT molecular complexity index is 273. The summed E-state index contributed by atoms with van der Waals surface area (Å²) >= 11 is 0. The Morgan fingerprint density at radius 2 is 2.11 bits per heavy atom. The van der Waals surface area contributed by atoms with Gasteiger partial charge >= 0.3 is 6.18 Å². The highest BCUT2D eigenvalue weighted by Crippen LogP contribution is 2.43. The molecule has 0 heterocycles. The molecule has 19 heavy (non-hydrogen) atoms. The van der Waals surface area contributed by atoms with Crippen LogP contribution in [-0.4, -0.2) is 50.0 Å². The van der Waals surface area contributed by atoms with Crippen LogP contribution in [0.4, 0.5) is 13.2 Å². The van der Waals surface area contributed by atoms with Crippen LogP contribution in [0.25, 0.3) is 0 Å². The molecule has 1 aliphatic carbocycles. The van der Waals surface area contributed by atoms with E-state index in [1.165, 1.54) is 0 Å². The molecular weight excluding hydrogens is 257 g/mol. The fraction of sp³-hybridized carbons (Fsp3) is 1.00. The molecule has 0 amide bonds. The quantitative estimate of drug-likeness (QED) is 0.760. The fourth-order valence-electron chi connectivity index (χ4n) is 2.89. The van der Waals surface area contributed by atoms with Gasteiger partial charge in [-0.3, -0.25) is 4.90 Å². The lowest BCUT2D eigenvalue weighted by Gasteiger charge is -2.47. The second-order valence-corrected chi connectivity index (χ2v) is 5.38. The van der Waals surface area contributed by atoms with Crippen LogP contribution in [0.1, 0.15) is 32.6 Å². The fourth-order valence-corrected chi connectivity index (χ4v) is 2.89. The maximum atomic E-state index is 12.9. The van der Waals surface area contributed by atoms with Crippen molar-refractivity contribution in [3.8, 4) is 0 Å². The molecule has 6 heteroatoms. The number of rotatable bonds is 6. The molecule has 1 fully saturated rings. The number of alkyl halides is 3. The van der Waals surface area contributed by atoms with Crippen LogP contribution in [0.5, 0.6) is 0 Å². The van der Waals surface area contributed by atoms with Gasteiger partial charge in [-0.05, 0) is 33.2 Å². The molecular formula is C13H25F3N2O. The van der Waals surface area contributed by atoms with E-state index in [2.05, 4.69) is 0 Å². The number of nitrogens with two attached hydrogens (primary N) is 1. The molecule has 0 aromatic carbocycles. The Balaban J connectivity index is 2.67. The van der Waals surface area contributed by atoms with Crippen molar-refractivity contribution in [2.45, 2.75) is 44.3 Å². The first-order chi connectivity index (χ1) is 8.85. The van der Waals surface area contributed by atoms with Crippen LogP contribution in [0.15, 0.2) is 0 Å². The van der Waals surface area contributed by atoms with Crippen LogP contribution < -0.4 is 5.73 Å². The first-order valence-corrected chi connectivity index (χ1v) is 6.91. The third-order valence-electron chi connectivity index (χ3n) is 4.25. The van der Waals surface area contributed by atoms with Gasteiger partial charge in [0.15, 0.2) is 0 Å². The van der Waals surface area contributed by atoms with Crippen molar-refractivity contribution < 1.29 is 17.9 Å². The Morgan fingerprint density at radius 1 is 1.42 bits per heavy atom. The van der Waals surface area contributed by atoms with Gasteiger partial charge in [0.2, 0.25) is 0 Å². The topological polar surface area (TPSA) is 38.5 Å². The lowest BCUT2D eigenvalue weighted by Crippen LogP contribution is -2.56. The summed E-state index contributed by atoms with van der Waals surface area (Å²) in [4.78, 5) is 1.96. The molecule has 1 saturated carbocycles. The minimum absolute atomic E-state index is 0.107. The summed E-state index contributed by atoms with van der Waals surface area (Å²) in [6.07, 6.45) is -2.46. The summed E-state index contributed by atoms with van der Waals surface area (Å²) < 4.78 is 44.0. The van der Waals surface area contributed by atoms with Gasteiger partial charge in [-0.2, -0.15) is 13.2 Å². The number of ether oxygens (including phenoxy) is 1. The molecule has 0 aromatic heterocycles. The summed E-state index contributed by atoms with van der Waals surface area (Å²) in [6, 6.07) is 0. The molecule has 114 valence electrons. The minimum Gasteiger partial charge on any atom is -0.380 e. The van der Waals surface area contributed by atoms with E-state index in [-0.39, 0.29) is 19.4 Å². The largest absolute Gasteiger partial charge is 0.391 e. The molecule has 0 radical (unpaired) electrons. The zero-order valence-corrected chi connectivity index (χ0v) is 11.8. The highest BCUT2D eigenvalue weighted by molar-refractivity contribution is 4.97. The van der Waals surface area contributed by atoms with Crippen LogP contribution in [0.2, 0.25) is 0 Å². The van der Waals surface area contributed by atoms with Crippen molar-refractivity contribution in [3.63, 3.8) is 0 Å². The SMILES string of the molecule is CCOCCN(C)C1(CN)CCCC(C(F)(F)F)C1. The van der Waals surface area contributed by atoms with E-state index in [0.29, 0.717) is 26.2 Å². The number of hydrogen-bond acceptors (Lipinski definition) is 3. The van der Waals surface area contributed by atoms with Gasteiger partial charge in [0.25, 0.3) is 0 Å². The van der Waals surface area contributed by atoms with Crippen molar-refractivity contribution in [1.29, 1.82) is 0 Å². The second kappa shape index (κ2) is 6.90. The standard InChI is InChI=1S/C13H25F3N2O/c1-3-19-8-7-18(2)12(10-17)6-4-5-11(9-12)13(14,15)16/h11H,3-10,17H2,1-2H3. The summed E-state index contributed by atoms with van der Waals surface area (Å²) in [6.45, 7) is 3.94. The molecule has 0 aromatic rings. The molecule has 0 spiro atoms. The lowest BCUT2D eigenvalue weighted by atomic mass is 9.74. The second-order valence-electron chi connectivity index (χ2n) is 5.38. The van der Waals surface area contributed by atoms with Crippen molar-refractivity contribution in [2.24, 2.45) is 11.7 Å². The van der Waals surface area contributed by atoms with Gasteiger partial charge in [0, 0.05) is 25.2 Å². The van der Waals surface area contributed by atoms with E-state index >= 15 is 0 Å². The van der Waals surface area contributed by atoms with E-state index in [9.17, 15) is 13.2 Å².